The van der Waals surface area contributed by atoms with Gasteiger partial charge in [0.25, 0.3) is 0 Å². The minimum atomic E-state index is -0.323. The molecule has 0 atom stereocenters. The van der Waals surface area contributed by atoms with Gasteiger partial charge in [0.1, 0.15) is 5.82 Å². The van der Waals surface area contributed by atoms with E-state index in [0.29, 0.717) is 12.0 Å². The van der Waals surface area contributed by atoms with E-state index < -0.39 is 0 Å². The summed E-state index contributed by atoms with van der Waals surface area (Å²) in [5, 5.41) is 0. The van der Waals surface area contributed by atoms with Gasteiger partial charge in [0.2, 0.25) is 0 Å². The molecule has 0 radical (unpaired) electrons. The molecule has 0 amide bonds. The number of hydrogen-bond acceptors (Lipinski definition) is 1. The SMILES string of the molecule is O=C(Cc1ccccc1I)c1ccc(F)cc1. The molecule has 0 bridgehead atoms. The fourth-order valence-corrected chi connectivity index (χ4v) is 2.13. The van der Waals surface area contributed by atoms with Gasteiger partial charge in [-0.15, -0.1) is 0 Å². The van der Waals surface area contributed by atoms with Crippen molar-refractivity contribution in [2.45, 2.75) is 6.42 Å². The van der Waals surface area contributed by atoms with Gasteiger partial charge < -0.3 is 0 Å². The van der Waals surface area contributed by atoms with Gasteiger partial charge in [-0.1, -0.05) is 18.2 Å². The quantitative estimate of drug-likeness (QED) is 0.613. The van der Waals surface area contributed by atoms with E-state index >= 15 is 0 Å². The molecule has 17 heavy (non-hydrogen) atoms. The van der Waals surface area contributed by atoms with Crippen molar-refractivity contribution < 1.29 is 9.18 Å². The van der Waals surface area contributed by atoms with E-state index in [1.807, 2.05) is 24.3 Å². The van der Waals surface area contributed by atoms with E-state index in [1.165, 1.54) is 24.3 Å². The molecule has 1 nitrogen and oxygen atoms in total. The maximum Gasteiger partial charge on any atom is 0.167 e. The smallest absolute Gasteiger partial charge is 0.167 e. The predicted octanol–water partition coefficient (Wildman–Crippen LogP) is 3.86. The Bertz CT molecular complexity index is 534. The molecule has 0 unspecified atom stereocenters. The minimum absolute atomic E-state index is 0.00844. The number of hydrogen-bond donors (Lipinski definition) is 0. The van der Waals surface area contributed by atoms with E-state index in [-0.39, 0.29) is 11.6 Å². The van der Waals surface area contributed by atoms with Gasteiger partial charge >= 0.3 is 0 Å². The van der Waals surface area contributed by atoms with E-state index in [2.05, 4.69) is 22.6 Å². The van der Waals surface area contributed by atoms with Crippen molar-refractivity contribution in [2.75, 3.05) is 0 Å². The van der Waals surface area contributed by atoms with Gasteiger partial charge in [-0.25, -0.2) is 4.39 Å². The van der Waals surface area contributed by atoms with Gasteiger partial charge in [0.05, 0.1) is 0 Å². The summed E-state index contributed by atoms with van der Waals surface area (Å²) in [6, 6.07) is 13.4. The third-order valence-electron chi connectivity index (χ3n) is 2.48. The second-order valence-corrected chi connectivity index (χ2v) is 4.86. The molecule has 0 N–H and O–H groups in total. The molecular weight excluding hydrogens is 330 g/mol. The molecule has 0 aliphatic heterocycles. The predicted molar refractivity (Wildman–Crippen MR) is 73.6 cm³/mol. The number of carbonyl (C=O) groups excluding carboxylic acids is 1. The Morgan fingerprint density at radius 3 is 2.35 bits per heavy atom. The van der Waals surface area contributed by atoms with Crippen LogP contribution in [0.4, 0.5) is 4.39 Å². The molecule has 3 heteroatoms. The second kappa shape index (κ2) is 5.40. The zero-order valence-corrected chi connectivity index (χ0v) is 11.1. The minimum Gasteiger partial charge on any atom is -0.294 e. The molecule has 2 aromatic rings. The topological polar surface area (TPSA) is 17.1 Å². The Morgan fingerprint density at radius 1 is 1.06 bits per heavy atom. The van der Waals surface area contributed by atoms with Crippen molar-refractivity contribution >= 4 is 28.4 Å². The van der Waals surface area contributed by atoms with E-state index in [0.717, 1.165) is 9.13 Å². The molecular formula is C14H10FIO. The molecule has 0 aromatic heterocycles. The van der Waals surface area contributed by atoms with Gasteiger partial charge in [-0.3, -0.25) is 4.79 Å². The molecule has 0 saturated heterocycles. The first-order valence-electron chi connectivity index (χ1n) is 5.19. The molecule has 0 aliphatic carbocycles. The maximum atomic E-state index is 12.7. The fraction of sp³-hybridized carbons (Fsp3) is 0.0714. The van der Waals surface area contributed by atoms with Crippen LogP contribution in [0.15, 0.2) is 48.5 Å². The lowest BCUT2D eigenvalue weighted by Crippen LogP contribution is -2.04. The van der Waals surface area contributed by atoms with Crippen LogP contribution in [0, 0.1) is 9.39 Å². The lowest BCUT2D eigenvalue weighted by atomic mass is 10.0. The van der Waals surface area contributed by atoms with E-state index in [4.69, 9.17) is 0 Å². The average Bonchev–Trinajstić information content (AvgIpc) is 2.33. The molecule has 0 fully saturated rings. The highest BCUT2D eigenvalue weighted by atomic mass is 127. The first-order valence-corrected chi connectivity index (χ1v) is 6.27. The lowest BCUT2D eigenvalue weighted by molar-refractivity contribution is 0.0993. The van der Waals surface area contributed by atoms with Crippen LogP contribution in [0.1, 0.15) is 15.9 Å². The summed E-state index contributed by atoms with van der Waals surface area (Å²) < 4.78 is 13.8. The summed E-state index contributed by atoms with van der Waals surface area (Å²) in [5.74, 6) is -0.315. The van der Waals surface area contributed by atoms with Crippen molar-refractivity contribution in [1.82, 2.24) is 0 Å². The first-order chi connectivity index (χ1) is 8.16. The normalized spacial score (nSPS) is 10.2. The van der Waals surface area contributed by atoms with E-state index in [1.54, 1.807) is 0 Å². The van der Waals surface area contributed by atoms with Crippen LogP contribution in [0.5, 0.6) is 0 Å². The highest BCUT2D eigenvalue weighted by Crippen LogP contribution is 2.14. The van der Waals surface area contributed by atoms with Crippen LogP contribution in [0.25, 0.3) is 0 Å². The second-order valence-electron chi connectivity index (χ2n) is 3.70. The van der Waals surface area contributed by atoms with Crippen LogP contribution in [0.2, 0.25) is 0 Å². The van der Waals surface area contributed by atoms with Crippen molar-refractivity contribution in [3.05, 3.63) is 69.0 Å². The third kappa shape index (κ3) is 3.12. The Morgan fingerprint density at radius 2 is 1.71 bits per heavy atom. The summed E-state index contributed by atoms with van der Waals surface area (Å²) in [6.45, 7) is 0. The summed E-state index contributed by atoms with van der Waals surface area (Å²) in [5.41, 5.74) is 1.55. The van der Waals surface area contributed by atoms with Crippen molar-refractivity contribution in [3.63, 3.8) is 0 Å². The standard InChI is InChI=1S/C14H10FIO/c15-12-7-5-10(6-8-12)14(17)9-11-3-1-2-4-13(11)16/h1-8H,9H2. The summed E-state index contributed by atoms with van der Waals surface area (Å²) >= 11 is 2.21. The largest absolute Gasteiger partial charge is 0.294 e. The van der Waals surface area contributed by atoms with Gasteiger partial charge in [-0.05, 0) is 58.5 Å². The number of ketones is 1. The summed E-state index contributed by atoms with van der Waals surface area (Å²) in [6.07, 6.45) is 0.352. The van der Waals surface area contributed by atoms with Crippen LogP contribution in [-0.4, -0.2) is 5.78 Å². The average molecular weight is 340 g/mol. The summed E-state index contributed by atoms with van der Waals surface area (Å²) in [7, 11) is 0. The van der Waals surface area contributed by atoms with Crippen molar-refractivity contribution in [3.8, 4) is 0 Å². The molecule has 0 saturated carbocycles. The highest BCUT2D eigenvalue weighted by Gasteiger charge is 2.08. The van der Waals surface area contributed by atoms with Crippen LogP contribution in [-0.2, 0) is 6.42 Å². The maximum absolute atomic E-state index is 12.7. The van der Waals surface area contributed by atoms with Crippen LogP contribution in [0.3, 0.4) is 0 Å². The molecule has 0 spiro atoms. The van der Waals surface area contributed by atoms with Crippen molar-refractivity contribution in [2.24, 2.45) is 0 Å². The van der Waals surface area contributed by atoms with E-state index in [9.17, 15) is 9.18 Å². The molecule has 2 aromatic carbocycles. The monoisotopic (exact) mass is 340 g/mol. The Labute approximate surface area is 113 Å². The molecule has 86 valence electrons. The zero-order valence-electron chi connectivity index (χ0n) is 8.99. The van der Waals surface area contributed by atoms with Gasteiger partial charge in [0.15, 0.2) is 5.78 Å². The number of rotatable bonds is 3. The van der Waals surface area contributed by atoms with Gasteiger partial charge in [-0.2, -0.15) is 0 Å². The fourth-order valence-electron chi connectivity index (χ4n) is 1.55. The number of benzene rings is 2. The van der Waals surface area contributed by atoms with Gasteiger partial charge in [0, 0.05) is 15.6 Å². The number of carbonyl (C=O) groups is 1. The lowest BCUT2D eigenvalue weighted by Gasteiger charge is -2.03. The van der Waals surface area contributed by atoms with Crippen molar-refractivity contribution in [1.29, 1.82) is 0 Å². The molecule has 0 heterocycles. The Balaban J connectivity index is 2.17. The van der Waals surface area contributed by atoms with Crippen LogP contribution >= 0.6 is 22.6 Å². The molecule has 0 aliphatic rings. The Hall–Kier alpha value is -1.23. The molecule has 2 rings (SSSR count). The summed E-state index contributed by atoms with van der Waals surface area (Å²) in [4.78, 5) is 12.0. The third-order valence-corrected chi connectivity index (χ3v) is 3.53. The number of Topliss-reactive ketones (excluding diaryl/α,β-unsaturated/α-hetero) is 1. The van der Waals surface area contributed by atoms with Crippen LogP contribution < -0.4 is 0 Å². The zero-order chi connectivity index (χ0) is 12.3. The first kappa shape index (κ1) is 12.2. The Kier molecular flexibility index (Phi) is 3.89. The number of halogens is 2. The highest BCUT2D eigenvalue weighted by molar-refractivity contribution is 14.1.